The number of benzene rings is 1. The maximum Gasteiger partial charge on any atom is 0.163 e. The first-order valence-corrected chi connectivity index (χ1v) is 6.92. The first-order chi connectivity index (χ1) is 9.31. The quantitative estimate of drug-likeness (QED) is 0.648. The number of nitrogens with one attached hydrogen (secondary N) is 1. The third kappa shape index (κ3) is 3.13. The lowest BCUT2D eigenvalue weighted by Crippen LogP contribution is -2.17. The van der Waals surface area contributed by atoms with Crippen LogP contribution in [0.4, 0.5) is 10.2 Å². The summed E-state index contributed by atoms with van der Waals surface area (Å²) in [6.07, 6.45) is 0. The maximum absolute atomic E-state index is 13.4. The standard InChI is InChI=1S/C14H16BrFN4/c1-14(2,3)11-7-12(20-17)19-13(18-11)9-6-8(16)4-5-10(9)15/h4-7H,17H2,1-3H3,(H,18,19,20). The van der Waals surface area contributed by atoms with E-state index in [0.29, 0.717) is 17.2 Å². The second-order valence-corrected chi connectivity index (χ2v) is 6.33. The molecule has 0 fully saturated rings. The van der Waals surface area contributed by atoms with Gasteiger partial charge in [0.1, 0.15) is 11.6 Å². The molecule has 0 saturated heterocycles. The minimum Gasteiger partial charge on any atom is -0.308 e. The van der Waals surface area contributed by atoms with Gasteiger partial charge in [-0.25, -0.2) is 20.2 Å². The smallest absolute Gasteiger partial charge is 0.163 e. The van der Waals surface area contributed by atoms with Gasteiger partial charge in [-0.2, -0.15) is 0 Å². The molecule has 1 heterocycles. The Morgan fingerprint density at radius 3 is 2.50 bits per heavy atom. The minimum absolute atomic E-state index is 0.164. The average molecular weight is 339 g/mol. The number of hydrogen-bond donors (Lipinski definition) is 2. The highest BCUT2D eigenvalue weighted by molar-refractivity contribution is 9.10. The van der Waals surface area contributed by atoms with Crippen LogP contribution in [-0.4, -0.2) is 9.97 Å². The Morgan fingerprint density at radius 1 is 1.20 bits per heavy atom. The molecule has 0 atom stereocenters. The molecule has 106 valence electrons. The Morgan fingerprint density at radius 2 is 1.90 bits per heavy atom. The van der Waals surface area contributed by atoms with Gasteiger partial charge in [0, 0.05) is 21.5 Å². The number of nitrogen functional groups attached to an aromatic ring is 1. The average Bonchev–Trinajstić information content (AvgIpc) is 2.40. The fraction of sp³-hybridized carbons (Fsp3) is 0.286. The summed E-state index contributed by atoms with van der Waals surface area (Å²) in [4.78, 5) is 8.82. The second-order valence-electron chi connectivity index (χ2n) is 5.48. The highest BCUT2D eigenvalue weighted by Crippen LogP contribution is 2.30. The van der Waals surface area contributed by atoms with Crippen LogP contribution in [0.3, 0.4) is 0 Å². The predicted molar refractivity (Wildman–Crippen MR) is 81.6 cm³/mol. The van der Waals surface area contributed by atoms with Crippen molar-refractivity contribution in [1.29, 1.82) is 0 Å². The lowest BCUT2D eigenvalue weighted by atomic mass is 9.92. The summed E-state index contributed by atoms with van der Waals surface area (Å²) in [5, 5.41) is 0. The zero-order valence-electron chi connectivity index (χ0n) is 11.5. The zero-order chi connectivity index (χ0) is 14.9. The fourth-order valence-corrected chi connectivity index (χ4v) is 2.12. The Labute approximate surface area is 125 Å². The number of hydrazine groups is 1. The monoisotopic (exact) mass is 338 g/mol. The molecule has 0 amide bonds. The molecule has 20 heavy (non-hydrogen) atoms. The van der Waals surface area contributed by atoms with Crippen LogP contribution in [0.25, 0.3) is 11.4 Å². The molecule has 1 aromatic carbocycles. The van der Waals surface area contributed by atoms with Crippen LogP contribution in [-0.2, 0) is 5.41 Å². The third-order valence-corrected chi connectivity index (χ3v) is 3.50. The highest BCUT2D eigenvalue weighted by Gasteiger charge is 2.19. The van der Waals surface area contributed by atoms with Gasteiger partial charge in [0.2, 0.25) is 0 Å². The van der Waals surface area contributed by atoms with Gasteiger partial charge >= 0.3 is 0 Å². The SMILES string of the molecule is CC(C)(C)c1cc(NN)nc(-c2cc(F)ccc2Br)n1. The lowest BCUT2D eigenvalue weighted by molar-refractivity contribution is 0.568. The van der Waals surface area contributed by atoms with Crippen LogP contribution in [0.15, 0.2) is 28.7 Å². The van der Waals surface area contributed by atoms with Crippen LogP contribution in [0, 0.1) is 5.82 Å². The van der Waals surface area contributed by atoms with Crippen molar-refractivity contribution in [3.63, 3.8) is 0 Å². The zero-order valence-corrected chi connectivity index (χ0v) is 13.1. The van der Waals surface area contributed by atoms with Crippen molar-refractivity contribution in [2.45, 2.75) is 26.2 Å². The largest absolute Gasteiger partial charge is 0.308 e. The van der Waals surface area contributed by atoms with Crippen LogP contribution >= 0.6 is 15.9 Å². The van der Waals surface area contributed by atoms with Gasteiger partial charge in [0.05, 0.1) is 5.69 Å². The normalized spacial score (nSPS) is 11.5. The first-order valence-electron chi connectivity index (χ1n) is 6.13. The van der Waals surface area contributed by atoms with Crippen LogP contribution in [0.5, 0.6) is 0 Å². The van der Waals surface area contributed by atoms with E-state index in [4.69, 9.17) is 5.84 Å². The third-order valence-electron chi connectivity index (χ3n) is 2.81. The summed E-state index contributed by atoms with van der Waals surface area (Å²) in [5.74, 6) is 6.04. The molecule has 0 bridgehead atoms. The molecule has 0 unspecified atom stereocenters. The lowest BCUT2D eigenvalue weighted by Gasteiger charge is -2.19. The van der Waals surface area contributed by atoms with Crippen molar-refractivity contribution in [2.24, 2.45) is 5.84 Å². The maximum atomic E-state index is 13.4. The van der Waals surface area contributed by atoms with Crippen molar-refractivity contribution >= 4 is 21.7 Å². The summed E-state index contributed by atoms with van der Waals surface area (Å²) >= 11 is 3.39. The van der Waals surface area contributed by atoms with Gasteiger partial charge < -0.3 is 5.43 Å². The summed E-state index contributed by atoms with van der Waals surface area (Å²) in [6, 6.07) is 6.19. The molecule has 1 aromatic heterocycles. The van der Waals surface area contributed by atoms with Crippen molar-refractivity contribution in [1.82, 2.24) is 9.97 Å². The Hall–Kier alpha value is -1.53. The van der Waals surface area contributed by atoms with Crippen LogP contribution in [0.2, 0.25) is 0 Å². The molecule has 6 heteroatoms. The molecule has 4 nitrogen and oxygen atoms in total. The molecule has 3 N–H and O–H groups in total. The van der Waals surface area contributed by atoms with E-state index < -0.39 is 0 Å². The number of nitrogens with zero attached hydrogens (tertiary/aromatic N) is 2. The van der Waals surface area contributed by atoms with Crippen molar-refractivity contribution in [3.05, 3.63) is 40.2 Å². The topological polar surface area (TPSA) is 63.8 Å². The Balaban J connectivity index is 2.64. The fourth-order valence-electron chi connectivity index (χ4n) is 1.69. The van der Waals surface area contributed by atoms with E-state index in [1.54, 1.807) is 12.1 Å². The predicted octanol–water partition coefficient (Wildman–Crippen LogP) is 3.63. The Kier molecular flexibility index (Phi) is 4.06. The van der Waals surface area contributed by atoms with E-state index in [1.807, 2.05) is 20.8 Å². The molecule has 0 radical (unpaired) electrons. The van der Waals surface area contributed by atoms with E-state index >= 15 is 0 Å². The highest BCUT2D eigenvalue weighted by atomic mass is 79.9. The van der Waals surface area contributed by atoms with Gasteiger partial charge in [-0.1, -0.05) is 36.7 Å². The van der Waals surface area contributed by atoms with E-state index in [1.165, 1.54) is 12.1 Å². The van der Waals surface area contributed by atoms with Crippen LogP contribution in [0.1, 0.15) is 26.5 Å². The number of hydrogen-bond acceptors (Lipinski definition) is 4. The van der Waals surface area contributed by atoms with Crippen molar-refractivity contribution in [2.75, 3.05) is 5.43 Å². The van der Waals surface area contributed by atoms with E-state index in [0.717, 1.165) is 10.2 Å². The van der Waals surface area contributed by atoms with Crippen molar-refractivity contribution in [3.8, 4) is 11.4 Å². The number of aromatic nitrogens is 2. The summed E-state index contributed by atoms with van der Waals surface area (Å²) in [6.45, 7) is 6.13. The molecule has 2 rings (SSSR count). The van der Waals surface area contributed by atoms with Gasteiger partial charge in [0.15, 0.2) is 5.82 Å². The van der Waals surface area contributed by atoms with Gasteiger partial charge in [0.25, 0.3) is 0 Å². The van der Waals surface area contributed by atoms with Crippen molar-refractivity contribution < 1.29 is 4.39 Å². The Bertz CT molecular complexity index is 638. The number of rotatable bonds is 2. The van der Waals surface area contributed by atoms with Gasteiger partial charge in [-0.3, -0.25) is 0 Å². The molecule has 0 aliphatic heterocycles. The molecular formula is C14H16BrFN4. The molecule has 0 aliphatic rings. The number of halogens is 2. The van der Waals surface area contributed by atoms with E-state index in [9.17, 15) is 4.39 Å². The molecule has 2 aromatic rings. The molecule has 0 spiro atoms. The van der Waals surface area contributed by atoms with E-state index in [-0.39, 0.29) is 11.2 Å². The molecule has 0 saturated carbocycles. The first kappa shape index (κ1) is 14.9. The van der Waals surface area contributed by atoms with Gasteiger partial charge in [-0.15, -0.1) is 0 Å². The molecular weight excluding hydrogens is 323 g/mol. The summed E-state index contributed by atoms with van der Waals surface area (Å²) in [5.41, 5.74) is 3.78. The number of anilines is 1. The summed E-state index contributed by atoms with van der Waals surface area (Å²) in [7, 11) is 0. The second kappa shape index (κ2) is 5.46. The minimum atomic E-state index is -0.338. The van der Waals surface area contributed by atoms with Gasteiger partial charge in [-0.05, 0) is 18.2 Å². The molecule has 0 aliphatic carbocycles. The van der Waals surface area contributed by atoms with E-state index in [2.05, 4.69) is 31.3 Å². The van der Waals surface area contributed by atoms with Crippen LogP contribution < -0.4 is 11.3 Å². The number of nitrogens with two attached hydrogens (primary N) is 1. The summed E-state index contributed by atoms with van der Waals surface area (Å²) < 4.78 is 14.2.